The van der Waals surface area contributed by atoms with Crippen LogP contribution >= 0.6 is 0 Å². The maximum absolute atomic E-state index is 11.8. The third-order valence-corrected chi connectivity index (χ3v) is 2.93. The second-order valence-corrected chi connectivity index (χ2v) is 6.47. The van der Waals surface area contributed by atoms with E-state index in [1.807, 2.05) is 46.8 Å². The highest BCUT2D eigenvalue weighted by molar-refractivity contribution is 5.95. The van der Waals surface area contributed by atoms with Gasteiger partial charge in [-0.15, -0.1) is 0 Å². The molecule has 1 amide bonds. The lowest BCUT2D eigenvalue weighted by atomic mass is 10.1. The monoisotopic (exact) mass is 322 g/mol. The Morgan fingerprint density at radius 2 is 1.91 bits per heavy atom. The van der Waals surface area contributed by atoms with Gasteiger partial charge in [-0.3, -0.25) is 0 Å². The fourth-order valence-electron chi connectivity index (χ4n) is 1.93. The van der Waals surface area contributed by atoms with Gasteiger partial charge in [0.15, 0.2) is 0 Å². The van der Waals surface area contributed by atoms with Crippen LogP contribution in [0.15, 0.2) is 18.2 Å². The van der Waals surface area contributed by atoms with E-state index in [0.29, 0.717) is 17.8 Å². The van der Waals surface area contributed by atoms with Crippen molar-refractivity contribution in [3.63, 3.8) is 0 Å². The molecule has 1 aromatic rings. The molecule has 1 unspecified atom stereocenters. The van der Waals surface area contributed by atoms with Crippen LogP contribution in [0, 0.1) is 6.92 Å². The topological polar surface area (TPSA) is 76.7 Å². The minimum Gasteiger partial charge on any atom is -0.465 e. The highest BCUT2D eigenvalue weighted by Gasteiger charge is 2.17. The molecular formula is C17H26N2O4. The van der Waals surface area contributed by atoms with Crippen LogP contribution in [0.25, 0.3) is 0 Å². The SMILES string of the molecule is COC(=O)c1cc(C)ccc1NC(C)CNC(=O)OC(C)(C)C. The van der Waals surface area contributed by atoms with Gasteiger partial charge in [0.1, 0.15) is 5.60 Å². The minimum atomic E-state index is -0.532. The van der Waals surface area contributed by atoms with Crippen molar-refractivity contribution < 1.29 is 19.1 Å². The van der Waals surface area contributed by atoms with Gasteiger partial charge < -0.3 is 20.1 Å². The molecule has 0 radical (unpaired) electrons. The van der Waals surface area contributed by atoms with Gasteiger partial charge in [0.05, 0.1) is 12.7 Å². The van der Waals surface area contributed by atoms with E-state index in [4.69, 9.17) is 9.47 Å². The standard InChI is InChI=1S/C17H26N2O4/c1-11-7-8-14(13(9-11)15(20)22-6)19-12(2)10-18-16(21)23-17(3,4)5/h7-9,12,19H,10H2,1-6H3,(H,18,21). The lowest BCUT2D eigenvalue weighted by Crippen LogP contribution is -2.38. The smallest absolute Gasteiger partial charge is 0.407 e. The highest BCUT2D eigenvalue weighted by Crippen LogP contribution is 2.19. The number of carbonyl (C=O) groups excluding carboxylic acids is 2. The van der Waals surface area contributed by atoms with Crippen molar-refractivity contribution in [1.82, 2.24) is 5.32 Å². The number of hydrogen-bond donors (Lipinski definition) is 2. The molecule has 0 aromatic heterocycles. The average Bonchev–Trinajstić information content (AvgIpc) is 2.44. The molecule has 0 aliphatic carbocycles. The number of rotatable bonds is 5. The zero-order valence-electron chi connectivity index (χ0n) is 14.6. The normalized spacial score (nSPS) is 12.3. The third-order valence-electron chi connectivity index (χ3n) is 2.93. The number of ether oxygens (including phenoxy) is 2. The fraction of sp³-hybridized carbons (Fsp3) is 0.529. The molecule has 1 rings (SSSR count). The Morgan fingerprint density at radius 1 is 1.26 bits per heavy atom. The molecule has 1 atom stereocenters. The molecule has 0 spiro atoms. The molecule has 1 aromatic carbocycles. The molecule has 0 fully saturated rings. The van der Waals surface area contributed by atoms with E-state index in [0.717, 1.165) is 5.56 Å². The highest BCUT2D eigenvalue weighted by atomic mass is 16.6. The van der Waals surface area contributed by atoms with Gasteiger partial charge in [0.2, 0.25) is 0 Å². The lowest BCUT2D eigenvalue weighted by Gasteiger charge is -2.22. The van der Waals surface area contributed by atoms with Gasteiger partial charge in [0.25, 0.3) is 0 Å². The third kappa shape index (κ3) is 6.59. The molecule has 6 heteroatoms. The van der Waals surface area contributed by atoms with Crippen LogP contribution in [-0.2, 0) is 9.47 Å². The molecule has 128 valence electrons. The van der Waals surface area contributed by atoms with Gasteiger partial charge in [0, 0.05) is 18.3 Å². The number of amides is 1. The lowest BCUT2D eigenvalue weighted by molar-refractivity contribution is 0.0524. The molecule has 0 saturated heterocycles. The first kappa shape index (κ1) is 18.8. The van der Waals surface area contributed by atoms with Gasteiger partial charge in [-0.1, -0.05) is 11.6 Å². The van der Waals surface area contributed by atoms with Gasteiger partial charge in [-0.25, -0.2) is 9.59 Å². The second-order valence-electron chi connectivity index (χ2n) is 6.47. The Kier molecular flexibility index (Phi) is 6.42. The van der Waals surface area contributed by atoms with Crippen molar-refractivity contribution in [1.29, 1.82) is 0 Å². The predicted octanol–water partition coefficient (Wildman–Crippen LogP) is 3.11. The summed E-state index contributed by atoms with van der Waals surface area (Å²) < 4.78 is 9.98. The maximum atomic E-state index is 11.8. The van der Waals surface area contributed by atoms with Crippen molar-refractivity contribution in [3.05, 3.63) is 29.3 Å². The fourth-order valence-corrected chi connectivity index (χ4v) is 1.93. The Hall–Kier alpha value is -2.24. The predicted molar refractivity (Wildman–Crippen MR) is 89.8 cm³/mol. The molecule has 6 nitrogen and oxygen atoms in total. The number of esters is 1. The van der Waals surface area contributed by atoms with Gasteiger partial charge in [-0.05, 0) is 46.8 Å². The number of anilines is 1. The van der Waals surface area contributed by atoms with Gasteiger partial charge in [-0.2, -0.15) is 0 Å². The summed E-state index contributed by atoms with van der Waals surface area (Å²) in [6, 6.07) is 5.41. The first-order chi connectivity index (χ1) is 10.6. The molecule has 0 bridgehead atoms. The molecule has 23 heavy (non-hydrogen) atoms. The van der Waals surface area contributed by atoms with Crippen molar-refractivity contribution >= 4 is 17.7 Å². The van der Waals surface area contributed by atoms with Crippen LogP contribution in [0.2, 0.25) is 0 Å². The Balaban J connectivity index is 2.66. The summed E-state index contributed by atoms with van der Waals surface area (Å²) in [4.78, 5) is 23.5. The quantitative estimate of drug-likeness (QED) is 0.815. The van der Waals surface area contributed by atoms with Crippen LogP contribution in [0.5, 0.6) is 0 Å². The Labute approximate surface area is 137 Å². The molecule has 0 aliphatic rings. The second kappa shape index (κ2) is 7.85. The summed E-state index contributed by atoms with van der Waals surface area (Å²) in [6.07, 6.45) is -0.469. The number of methoxy groups -OCH3 is 1. The minimum absolute atomic E-state index is 0.0892. The van der Waals surface area contributed by atoms with E-state index in [9.17, 15) is 9.59 Å². The first-order valence-electron chi connectivity index (χ1n) is 7.54. The number of carbonyl (C=O) groups is 2. The van der Waals surface area contributed by atoms with Crippen molar-refractivity contribution in [2.45, 2.75) is 46.3 Å². The first-order valence-corrected chi connectivity index (χ1v) is 7.54. The number of hydrogen-bond acceptors (Lipinski definition) is 5. The van der Waals surface area contributed by atoms with Crippen LogP contribution < -0.4 is 10.6 Å². The molecule has 2 N–H and O–H groups in total. The summed E-state index contributed by atoms with van der Waals surface area (Å²) in [5.41, 5.74) is 1.57. The van der Waals surface area contributed by atoms with E-state index in [-0.39, 0.29) is 6.04 Å². The van der Waals surface area contributed by atoms with Crippen molar-refractivity contribution in [2.24, 2.45) is 0 Å². The van der Waals surface area contributed by atoms with Crippen molar-refractivity contribution in [2.75, 3.05) is 19.0 Å². The zero-order valence-corrected chi connectivity index (χ0v) is 14.6. The molecular weight excluding hydrogens is 296 g/mol. The average molecular weight is 322 g/mol. The zero-order chi connectivity index (χ0) is 17.6. The Bertz CT molecular complexity index is 564. The molecule has 0 aliphatic heterocycles. The molecule has 0 heterocycles. The maximum Gasteiger partial charge on any atom is 0.407 e. The summed E-state index contributed by atoms with van der Waals surface area (Å²) in [5, 5.41) is 5.89. The summed E-state index contributed by atoms with van der Waals surface area (Å²) in [5.74, 6) is -0.400. The van der Waals surface area contributed by atoms with Crippen LogP contribution in [0.4, 0.5) is 10.5 Å². The van der Waals surface area contributed by atoms with E-state index >= 15 is 0 Å². The summed E-state index contributed by atoms with van der Waals surface area (Å²) in [6.45, 7) is 9.60. The van der Waals surface area contributed by atoms with E-state index < -0.39 is 17.7 Å². The Morgan fingerprint density at radius 3 is 2.48 bits per heavy atom. The summed E-state index contributed by atoms with van der Waals surface area (Å²) in [7, 11) is 1.35. The number of aryl methyl sites for hydroxylation is 1. The van der Waals surface area contributed by atoms with Crippen LogP contribution in [0.1, 0.15) is 43.6 Å². The van der Waals surface area contributed by atoms with E-state index in [2.05, 4.69) is 10.6 Å². The van der Waals surface area contributed by atoms with Crippen LogP contribution in [0.3, 0.4) is 0 Å². The van der Waals surface area contributed by atoms with E-state index in [1.165, 1.54) is 7.11 Å². The number of alkyl carbamates (subject to hydrolysis) is 1. The molecule has 0 saturated carbocycles. The van der Waals surface area contributed by atoms with Crippen molar-refractivity contribution in [3.8, 4) is 0 Å². The van der Waals surface area contributed by atoms with E-state index in [1.54, 1.807) is 6.07 Å². The largest absolute Gasteiger partial charge is 0.465 e. The van der Waals surface area contributed by atoms with Gasteiger partial charge >= 0.3 is 12.1 Å². The number of nitrogens with one attached hydrogen (secondary N) is 2. The summed E-state index contributed by atoms with van der Waals surface area (Å²) >= 11 is 0. The van der Waals surface area contributed by atoms with Crippen LogP contribution in [-0.4, -0.2) is 37.4 Å². The number of benzene rings is 1.